The molecule has 0 atom stereocenters. The van der Waals surface area contributed by atoms with Crippen molar-refractivity contribution in [1.29, 1.82) is 0 Å². The summed E-state index contributed by atoms with van der Waals surface area (Å²) in [5, 5.41) is 8.37. The van der Waals surface area contributed by atoms with Crippen LogP contribution >= 0.6 is 0 Å². The third kappa shape index (κ3) is 1.93. The average molecular weight is 139 g/mol. The summed E-state index contributed by atoms with van der Waals surface area (Å²) in [7, 11) is 0. The topological polar surface area (TPSA) is 40.5 Å². The number of nitrogens with zero attached hydrogens (tertiary/aromatic N) is 1. The Bertz CT molecular complexity index is 184. The maximum Gasteiger partial charge on any atom is 0.323 e. The Morgan fingerprint density at radius 3 is 2.90 bits per heavy atom. The molecule has 1 rings (SSSR count). The molecule has 1 heterocycles. The first kappa shape index (κ1) is 6.86. The van der Waals surface area contributed by atoms with E-state index in [9.17, 15) is 4.79 Å². The van der Waals surface area contributed by atoms with Gasteiger partial charge in [-0.15, -0.1) is 0 Å². The zero-order chi connectivity index (χ0) is 7.40. The average Bonchev–Trinajstić information content (AvgIpc) is 1.88. The Morgan fingerprint density at radius 2 is 2.40 bits per heavy atom. The number of allylic oxidation sites excluding steroid dienone is 2. The summed E-state index contributed by atoms with van der Waals surface area (Å²) in [4.78, 5) is 11.9. The van der Waals surface area contributed by atoms with Crippen molar-refractivity contribution in [2.75, 3.05) is 13.1 Å². The van der Waals surface area contributed by atoms with Crippen LogP contribution in [-0.4, -0.2) is 29.1 Å². The highest BCUT2D eigenvalue weighted by Gasteiger charge is 2.03. The third-order valence-corrected chi connectivity index (χ3v) is 1.22. The first-order valence-corrected chi connectivity index (χ1v) is 3.08. The van der Waals surface area contributed by atoms with Gasteiger partial charge in [0.15, 0.2) is 0 Å². The number of hydrogen-bond acceptors (Lipinski definition) is 2. The summed E-state index contributed by atoms with van der Waals surface area (Å²) in [6.07, 6.45) is 7.42. The van der Waals surface area contributed by atoms with E-state index in [0.717, 1.165) is 0 Å². The van der Waals surface area contributed by atoms with E-state index in [0.29, 0.717) is 6.54 Å². The van der Waals surface area contributed by atoms with E-state index in [1.165, 1.54) is 0 Å². The lowest BCUT2D eigenvalue weighted by Gasteiger charge is -2.16. The first-order valence-electron chi connectivity index (χ1n) is 3.08. The van der Waals surface area contributed by atoms with Crippen LogP contribution in [0.1, 0.15) is 0 Å². The quantitative estimate of drug-likeness (QED) is 0.604. The van der Waals surface area contributed by atoms with Gasteiger partial charge in [-0.3, -0.25) is 4.79 Å². The molecule has 0 amide bonds. The van der Waals surface area contributed by atoms with Crippen LogP contribution in [0.15, 0.2) is 24.4 Å². The molecule has 0 aliphatic carbocycles. The van der Waals surface area contributed by atoms with Gasteiger partial charge in [0.05, 0.1) is 0 Å². The second-order valence-electron chi connectivity index (χ2n) is 2.09. The smallest absolute Gasteiger partial charge is 0.323 e. The molecule has 0 bridgehead atoms. The van der Waals surface area contributed by atoms with E-state index in [4.69, 9.17) is 5.11 Å². The molecule has 0 saturated heterocycles. The zero-order valence-electron chi connectivity index (χ0n) is 5.53. The van der Waals surface area contributed by atoms with Gasteiger partial charge in [0.25, 0.3) is 0 Å². The maximum absolute atomic E-state index is 10.2. The van der Waals surface area contributed by atoms with E-state index < -0.39 is 5.97 Å². The lowest BCUT2D eigenvalue weighted by Crippen LogP contribution is -2.25. The number of carboxylic acid groups (broad SMARTS) is 1. The van der Waals surface area contributed by atoms with Gasteiger partial charge in [-0.2, -0.15) is 0 Å². The summed E-state index contributed by atoms with van der Waals surface area (Å²) in [6.45, 7) is 0.781. The van der Waals surface area contributed by atoms with Gasteiger partial charge in [-0.25, -0.2) is 0 Å². The molecule has 1 aliphatic rings. The van der Waals surface area contributed by atoms with E-state index in [2.05, 4.69) is 0 Å². The van der Waals surface area contributed by atoms with Crippen molar-refractivity contribution in [2.45, 2.75) is 0 Å². The van der Waals surface area contributed by atoms with Crippen LogP contribution < -0.4 is 0 Å². The van der Waals surface area contributed by atoms with Crippen LogP contribution in [0.2, 0.25) is 0 Å². The van der Waals surface area contributed by atoms with Gasteiger partial charge >= 0.3 is 5.97 Å². The van der Waals surface area contributed by atoms with Crippen molar-refractivity contribution >= 4 is 5.97 Å². The number of carbonyl (C=O) groups is 1. The molecule has 54 valence electrons. The largest absolute Gasteiger partial charge is 0.480 e. The molecule has 0 aromatic carbocycles. The van der Waals surface area contributed by atoms with Crippen LogP contribution in [0, 0.1) is 0 Å². The number of rotatable bonds is 2. The summed E-state index contributed by atoms with van der Waals surface area (Å²) >= 11 is 0. The molecule has 3 nitrogen and oxygen atoms in total. The molecule has 0 unspecified atom stereocenters. The monoisotopic (exact) mass is 139 g/mol. The fraction of sp³-hybridized carbons (Fsp3) is 0.286. The first-order chi connectivity index (χ1) is 4.79. The molecule has 1 aliphatic heterocycles. The molecule has 0 aromatic rings. The SMILES string of the molecule is O=C(O)CN1C=CC=CC1. The number of carboxylic acids is 1. The number of hydrogen-bond donors (Lipinski definition) is 1. The van der Waals surface area contributed by atoms with Crippen molar-refractivity contribution in [2.24, 2.45) is 0 Å². The van der Waals surface area contributed by atoms with Crippen molar-refractivity contribution in [3.63, 3.8) is 0 Å². The molecule has 0 fully saturated rings. The van der Waals surface area contributed by atoms with E-state index in [1.54, 1.807) is 11.1 Å². The predicted molar refractivity (Wildman–Crippen MR) is 37.5 cm³/mol. The second kappa shape index (κ2) is 3.06. The van der Waals surface area contributed by atoms with Gasteiger partial charge in [-0.05, 0) is 12.3 Å². The molecule has 10 heavy (non-hydrogen) atoms. The van der Waals surface area contributed by atoms with Crippen LogP contribution in [0.5, 0.6) is 0 Å². The Labute approximate surface area is 59.3 Å². The third-order valence-electron chi connectivity index (χ3n) is 1.22. The Hall–Kier alpha value is -1.25. The van der Waals surface area contributed by atoms with Crippen LogP contribution in [-0.2, 0) is 4.79 Å². The van der Waals surface area contributed by atoms with E-state index >= 15 is 0 Å². The predicted octanol–water partition coefficient (Wildman–Crippen LogP) is 0.457. The minimum Gasteiger partial charge on any atom is -0.480 e. The Kier molecular flexibility index (Phi) is 2.10. The fourth-order valence-electron chi connectivity index (χ4n) is 0.798. The lowest BCUT2D eigenvalue weighted by atomic mass is 10.3. The Balaban J connectivity index is 2.37. The van der Waals surface area contributed by atoms with Crippen molar-refractivity contribution in [3.8, 4) is 0 Å². The highest BCUT2D eigenvalue weighted by molar-refractivity contribution is 5.69. The van der Waals surface area contributed by atoms with Crippen molar-refractivity contribution < 1.29 is 9.90 Å². The standard InChI is InChI=1S/C7H9NO2/c9-7(10)6-8-4-2-1-3-5-8/h1-4H,5-6H2,(H,9,10). The van der Waals surface area contributed by atoms with Gasteiger partial charge < -0.3 is 10.0 Å². The minimum absolute atomic E-state index is 0.0842. The summed E-state index contributed by atoms with van der Waals surface area (Å²) in [5.41, 5.74) is 0. The van der Waals surface area contributed by atoms with Crippen LogP contribution in [0.4, 0.5) is 0 Å². The lowest BCUT2D eigenvalue weighted by molar-refractivity contribution is -0.137. The number of aliphatic carboxylic acids is 1. The highest BCUT2D eigenvalue weighted by Crippen LogP contribution is 1.96. The molecule has 3 heteroatoms. The van der Waals surface area contributed by atoms with Crippen LogP contribution in [0.3, 0.4) is 0 Å². The van der Waals surface area contributed by atoms with Gasteiger partial charge in [0, 0.05) is 6.54 Å². The normalized spacial score (nSPS) is 15.8. The van der Waals surface area contributed by atoms with E-state index in [-0.39, 0.29) is 6.54 Å². The maximum atomic E-state index is 10.2. The van der Waals surface area contributed by atoms with Gasteiger partial charge in [0.1, 0.15) is 6.54 Å². The molecule has 0 spiro atoms. The second-order valence-corrected chi connectivity index (χ2v) is 2.09. The summed E-state index contributed by atoms with van der Waals surface area (Å²) < 4.78 is 0. The minimum atomic E-state index is -0.792. The van der Waals surface area contributed by atoms with Gasteiger partial charge in [0.2, 0.25) is 0 Å². The zero-order valence-corrected chi connectivity index (χ0v) is 5.53. The van der Waals surface area contributed by atoms with Crippen molar-refractivity contribution in [3.05, 3.63) is 24.4 Å². The molecule has 1 N–H and O–H groups in total. The van der Waals surface area contributed by atoms with E-state index in [1.807, 2.05) is 18.2 Å². The molecular formula is C7H9NO2. The summed E-state index contributed by atoms with van der Waals surface area (Å²) in [5.74, 6) is -0.792. The highest BCUT2D eigenvalue weighted by atomic mass is 16.4. The molecule has 0 saturated carbocycles. The summed E-state index contributed by atoms with van der Waals surface area (Å²) in [6, 6.07) is 0. The molecular weight excluding hydrogens is 130 g/mol. The fourth-order valence-corrected chi connectivity index (χ4v) is 0.798. The molecule has 0 aromatic heterocycles. The Morgan fingerprint density at radius 1 is 1.60 bits per heavy atom. The molecule has 0 radical (unpaired) electrons. The van der Waals surface area contributed by atoms with Gasteiger partial charge in [-0.1, -0.05) is 12.2 Å². The van der Waals surface area contributed by atoms with Crippen molar-refractivity contribution in [1.82, 2.24) is 4.90 Å². The van der Waals surface area contributed by atoms with Crippen LogP contribution in [0.25, 0.3) is 0 Å².